The van der Waals surface area contributed by atoms with E-state index in [2.05, 4.69) is 40.5 Å². The maximum Gasteiger partial charge on any atom is 0.138 e. The first-order valence-corrected chi connectivity index (χ1v) is 7.01. The molecule has 3 rings (SSSR count). The first-order valence-electron chi connectivity index (χ1n) is 7.01. The Labute approximate surface area is 123 Å². The Balaban J connectivity index is 1.85. The van der Waals surface area contributed by atoms with E-state index >= 15 is 0 Å². The van der Waals surface area contributed by atoms with Crippen LogP contribution in [0, 0.1) is 0 Å². The van der Waals surface area contributed by atoms with Gasteiger partial charge in [-0.25, -0.2) is 9.67 Å². The van der Waals surface area contributed by atoms with E-state index in [1.54, 1.807) is 11.0 Å². The van der Waals surface area contributed by atoms with Crippen LogP contribution in [0.5, 0.6) is 0 Å². The number of aromatic nitrogens is 5. The number of anilines is 1. The Kier molecular flexibility index (Phi) is 3.68. The van der Waals surface area contributed by atoms with Crippen LogP contribution in [0.3, 0.4) is 0 Å². The van der Waals surface area contributed by atoms with E-state index < -0.39 is 0 Å². The van der Waals surface area contributed by atoms with Gasteiger partial charge in [-0.2, -0.15) is 10.2 Å². The topological polar surface area (TPSA) is 60.6 Å². The maximum atomic E-state index is 4.32. The van der Waals surface area contributed by atoms with Crippen molar-refractivity contribution < 1.29 is 0 Å². The van der Waals surface area contributed by atoms with E-state index in [1.165, 1.54) is 6.33 Å². The van der Waals surface area contributed by atoms with Gasteiger partial charge in [-0.3, -0.25) is 4.68 Å². The molecule has 2 heterocycles. The summed E-state index contributed by atoms with van der Waals surface area (Å²) in [6.45, 7) is 5.08. The van der Waals surface area contributed by atoms with Gasteiger partial charge >= 0.3 is 0 Å². The zero-order valence-corrected chi connectivity index (χ0v) is 12.1. The highest BCUT2D eigenvalue weighted by atomic mass is 15.3. The number of aryl methyl sites for hydroxylation is 1. The molecule has 0 aliphatic rings. The van der Waals surface area contributed by atoms with Gasteiger partial charge in [0.2, 0.25) is 0 Å². The molecule has 0 fully saturated rings. The molecule has 0 saturated heterocycles. The summed E-state index contributed by atoms with van der Waals surface area (Å²) in [6.07, 6.45) is 7.20. The number of para-hydroxylation sites is 2. The van der Waals surface area contributed by atoms with Crippen LogP contribution in [-0.2, 0) is 6.54 Å². The molecule has 0 amide bonds. The Morgan fingerprint density at radius 2 is 2.10 bits per heavy atom. The molecule has 0 radical (unpaired) electrons. The Morgan fingerprint density at radius 3 is 2.81 bits per heavy atom. The van der Waals surface area contributed by atoms with Crippen LogP contribution in [0.1, 0.15) is 25.5 Å². The summed E-state index contributed by atoms with van der Waals surface area (Å²) < 4.78 is 3.68. The maximum absolute atomic E-state index is 4.32. The van der Waals surface area contributed by atoms with E-state index in [-0.39, 0.29) is 6.04 Å². The molecular formula is C15H18N6. The van der Waals surface area contributed by atoms with Gasteiger partial charge in [-0.15, -0.1) is 0 Å². The average Bonchev–Trinajstić information content (AvgIpc) is 3.19. The SMILES string of the molecule is CCn1cc(C(C)Nc2ccccc2-n2cncn2)cn1. The van der Waals surface area contributed by atoms with Crippen LogP contribution < -0.4 is 5.32 Å². The molecular weight excluding hydrogens is 264 g/mol. The van der Waals surface area contributed by atoms with Crippen LogP contribution in [0.15, 0.2) is 49.3 Å². The summed E-state index contributed by atoms with van der Waals surface area (Å²) in [4.78, 5) is 4.00. The zero-order valence-electron chi connectivity index (χ0n) is 12.1. The Bertz CT molecular complexity index is 701. The van der Waals surface area contributed by atoms with E-state index in [0.717, 1.165) is 23.5 Å². The summed E-state index contributed by atoms with van der Waals surface area (Å²) in [7, 11) is 0. The normalized spacial score (nSPS) is 12.3. The molecule has 0 bridgehead atoms. The van der Waals surface area contributed by atoms with Gasteiger partial charge in [0.25, 0.3) is 0 Å². The molecule has 0 spiro atoms. The molecule has 1 aromatic carbocycles. The highest BCUT2D eigenvalue weighted by Crippen LogP contribution is 2.24. The van der Waals surface area contributed by atoms with E-state index in [4.69, 9.17) is 0 Å². The molecule has 6 heteroatoms. The van der Waals surface area contributed by atoms with Crippen LogP contribution in [0.4, 0.5) is 5.69 Å². The fraction of sp³-hybridized carbons (Fsp3) is 0.267. The smallest absolute Gasteiger partial charge is 0.138 e. The molecule has 1 unspecified atom stereocenters. The van der Waals surface area contributed by atoms with Crippen molar-refractivity contribution in [1.29, 1.82) is 0 Å². The van der Waals surface area contributed by atoms with Gasteiger partial charge in [0.05, 0.1) is 23.6 Å². The minimum absolute atomic E-state index is 0.162. The number of hydrogen-bond donors (Lipinski definition) is 1. The second-order valence-corrected chi connectivity index (χ2v) is 4.85. The molecule has 0 saturated carbocycles. The zero-order chi connectivity index (χ0) is 14.7. The molecule has 1 N–H and O–H groups in total. The number of nitrogens with zero attached hydrogens (tertiary/aromatic N) is 5. The van der Waals surface area contributed by atoms with Crippen molar-refractivity contribution >= 4 is 5.69 Å². The highest BCUT2D eigenvalue weighted by molar-refractivity contribution is 5.61. The fourth-order valence-electron chi connectivity index (χ4n) is 2.22. The summed E-state index contributed by atoms with van der Waals surface area (Å²) in [6, 6.07) is 8.21. The molecule has 2 aromatic heterocycles. The second kappa shape index (κ2) is 5.78. The van der Waals surface area contributed by atoms with Crippen LogP contribution >= 0.6 is 0 Å². The van der Waals surface area contributed by atoms with Crippen molar-refractivity contribution in [2.24, 2.45) is 0 Å². The highest BCUT2D eigenvalue weighted by Gasteiger charge is 2.11. The average molecular weight is 282 g/mol. The van der Waals surface area contributed by atoms with Crippen molar-refractivity contribution in [3.63, 3.8) is 0 Å². The second-order valence-electron chi connectivity index (χ2n) is 4.85. The quantitative estimate of drug-likeness (QED) is 0.781. The van der Waals surface area contributed by atoms with Crippen molar-refractivity contribution in [1.82, 2.24) is 24.5 Å². The summed E-state index contributed by atoms with van der Waals surface area (Å²) >= 11 is 0. The first kappa shape index (κ1) is 13.4. The molecule has 6 nitrogen and oxygen atoms in total. The van der Waals surface area contributed by atoms with Gasteiger partial charge in [0, 0.05) is 18.3 Å². The third-order valence-corrected chi connectivity index (χ3v) is 3.42. The number of benzene rings is 1. The Morgan fingerprint density at radius 1 is 1.24 bits per heavy atom. The number of hydrogen-bond acceptors (Lipinski definition) is 4. The lowest BCUT2D eigenvalue weighted by Gasteiger charge is -2.16. The largest absolute Gasteiger partial charge is 0.377 e. The van der Waals surface area contributed by atoms with Gasteiger partial charge in [0.1, 0.15) is 12.7 Å². The van der Waals surface area contributed by atoms with Gasteiger partial charge < -0.3 is 5.32 Å². The van der Waals surface area contributed by atoms with Gasteiger partial charge in [0.15, 0.2) is 0 Å². The molecule has 108 valence electrons. The molecule has 3 aromatic rings. The third-order valence-electron chi connectivity index (χ3n) is 3.42. The summed E-state index contributed by atoms with van der Waals surface area (Å²) in [5.74, 6) is 0. The van der Waals surface area contributed by atoms with Crippen molar-refractivity contribution in [2.75, 3.05) is 5.32 Å². The predicted octanol–water partition coefficient (Wildman–Crippen LogP) is 2.66. The lowest BCUT2D eigenvalue weighted by atomic mass is 10.1. The van der Waals surface area contributed by atoms with Gasteiger partial charge in [-0.05, 0) is 26.0 Å². The van der Waals surface area contributed by atoms with Crippen molar-refractivity contribution in [2.45, 2.75) is 26.4 Å². The van der Waals surface area contributed by atoms with Crippen LogP contribution in [0.2, 0.25) is 0 Å². The number of rotatable bonds is 5. The van der Waals surface area contributed by atoms with E-state index in [1.807, 2.05) is 35.1 Å². The molecule has 0 aliphatic carbocycles. The monoisotopic (exact) mass is 282 g/mol. The standard InChI is InChI=1S/C15H18N6/c1-3-20-9-13(8-17-20)12(2)19-14-6-4-5-7-15(14)21-11-16-10-18-21/h4-12,19H,3H2,1-2H3. The van der Waals surface area contributed by atoms with Gasteiger partial charge in [-0.1, -0.05) is 12.1 Å². The Hall–Kier alpha value is -2.63. The molecule has 0 aliphatic heterocycles. The molecule has 1 atom stereocenters. The minimum atomic E-state index is 0.162. The summed E-state index contributed by atoms with van der Waals surface area (Å²) in [5, 5.41) is 12.0. The van der Waals surface area contributed by atoms with Crippen molar-refractivity contribution in [3.8, 4) is 5.69 Å². The van der Waals surface area contributed by atoms with Crippen LogP contribution in [-0.4, -0.2) is 24.5 Å². The molecule has 21 heavy (non-hydrogen) atoms. The summed E-state index contributed by atoms with van der Waals surface area (Å²) in [5.41, 5.74) is 3.15. The van der Waals surface area contributed by atoms with E-state index in [9.17, 15) is 0 Å². The lowest BCUT2D eigenvalue weighted by molar-refractivity contribution is 0.658. The lowest BCUT2D eigenvalue weighted by Crippen LogP contribution is -2.09. The van der Waals surface area contributed by atoms with Crippen molar-refractivity contribution in [3.05, 3.63) is 54.9 Å². The third kappa shape index (κ3) is 2.79. The van der Waals surface area contributed by atoms with Crippen LogP contribution in [0.25, 0.3) is 5.69 Å². The number of nitrogens with one attached hydrogen (secondary N) is 1. The van der Waals surface area contributed by atoms with E-state index in [0.29, 0.717) is 0 Å². The fourth-order valence-corrected chi connectivity index (χ4v) is 2.22. The first-order chi connectivity index (χ1) is 10.3. The minimum Gasteiger partial charge on any atom is -0.377 e. The predicted molar refractivity (Wildman–Crippen MR) is 81.3 cm³/mol.